The summed E-state index contributed by atoms with van der Waals surface area (Å²) in [7, 11) is 0. The maximum absolute atomic E-state index is 12.3. The molecule has 1 saturated heterocycles. The van der Waals surface area contributed by atoms with Crippen LogP contribution in [0.15, 0.2) is 69.8 Å². The van der Waals surface area contributed by atoms with E-state index in [0.29, 0.717) is 23.3 Å². The first-order valence-corrected chi connectivity index (χ1v) is 11.1. The Kier molecular flexibility index (Phi) is 6.70. The molecule has 164 valence electrons. The van der Waals surface area contributed by atoms with Crippen LogP contribution in [0, 0.1) is 0 Å². The molecule has 1 aromatic heterocycles. The van der Waals surface area contributed by atoms with E-state index in [9.17, 15) is 14.4 Å². The van der Waals surface area contributed by atoms with Crippen molar-refractivity contribution in [3.05, 3.63) is 82.2 Å². The van der Waals surface area contributed by atoms with Crippen LogP contribution in [-0.2, 0) is 22.6 Å². The first-order chi connectivity index (χ1) is 15.5. The van der Waals surface area contributed by atoms with Crippen molar-refractivity contribution in [2.75, 3.05) is 16.8 Å². The van der Waals surface area contributed by atoms with Gasteiger partial charge in [0, 0.05) is 30.9 Å². The number of hydrogen-bond donors (Lipinski definition) is 2. The molecule has 3 aromatic rings. The van der Waals surface area contributed by atoms with E-state index in [1.165, 1.54) is 0 Å². The van der Waals surface area contributed by atoms with Gasteiger partial charge in [0.1, 0.15) is 0 Å². The number of anilines is 2. The van der Waals surface area contributed by atoms with Gasteiger partial charge >= 0.3 is 0 Å². The Bertz CT molecular complexity index is 1120. The summed E-state index contributed by atoms with van der Waals surface area (Å²) in [6, 6.07) is 18.0. The second kappa shape index (κ2) is 9.82. The number of furan rings is 1. The smallest absolute Gasteiger partial charge is 0.291 e. The summed E-state index contributed by atoms with van der Waals surface area (Å²) in [5.74, 6) is -0.0756. The molecule has 0 radical (unpaired) electrons. The zero-order valence-corrected chi connectivity index (χ0v) is 18.9. The van der Waals surface area contributed by atoms with Crippen molar-refractivity contribution < 1.29 is 18.8 Å². The van der Waals surface area contributed by atoms with E-state index in [4.69, 9.17) is 4.42 Å². The van der Waals surface area contributed by atoms with Gasteiger partial charge in [-0.3, -0.25) is 14.4 Å². The quantitative estimate of drug-likeness (QED) is 0.511. The summed E-state index contributed by atoms with van der Waals surface area (Å²) in [6.45, 7) is 1.18. The number of rotatable bonds is 7. The van der Waals surface area contributed by atoms with Crippen molar-refractivity contribution in [1.82, 2.24) is 5.32 Å². The standard InChI is InChI=1S/C24H22BrN3O4/c25-21-12-11-20(32-21)24(31)27-18-7-3-16(4-8-18)14-22(29)26-15-17-5-9-19(10-6-17)28-13-1-2-23(28)30/h3-12H,1-2,13-15H2,(H,26,29)(H,27,31). The molecule has 0 aliphatic carbocycles. The van der Waals surface area contributed by atoms with E-state index >= 15 is 0 Å². The second-order valence-corrected chi connectivity index (χ2v) is 8.31. The molecule has 0 atom stereocenters. The maximum Gasteiger partial charge on any atom is 0.291 e. The zero-order valence-electron chi connectivity index (χ0n) is 17.3. The topological polar surface area (TPSA) is 91.7 Å². The Morgan fingerprint density at radius 1 is 0.969 bits per heavy atom. The molecule has 0 saturated carbocycles. The number of nitrogens with zero attached hydrogens (tertiary/aromatic N) is 1. The normalized spacial score (nSPS) is 13.3. The van der Waals surface area contributed by atoms with Gasteiger partial charge < -0.3 is 20.0 Å². The van der Waals surface area contributed by atoms with Crippen LogP contribution in [0.3, 0.4) is 0 Å². The van der Waals surface area contributed by atoms with Gasteiger partial charge in [0.15, 0.2) is 10.4 Å². The predicted molar refractivity (Wildman–Crippen MR) is 124 cm³/mol. The second-order valence-electron chi connectivity index (χ2n) is 7.52. The average Bonchev–Trinajstić information content (AvgIpc) is 3.42. The molecule has 0 bridgehead atoms. The molecule has 0 unspecified atom stereocenters. The van der Waals surface area contributed by atoms with E-state index in [2.05, 4.69) is 26.6 Å². The predicted octanol–water partition coefficient (Wildman–Crippen LogP) is 4.28. The van der Waals surface area contributed by atoms with Crippen molar-refractivity contribution >= 4 is 45.0 Å². The summed E-state index contributed by atoms with van der Waals surface area (Å²) in [4.78, 5) is 38.0. The molecule has 1 fully saturated rings. The Morgan fingerprint density at radius 3 is 2.31 bits per heavy atom. The minimum absolute atomic E-state index is 0.0963. The molecule has 8 heteroatoms. The minimum atomic E-state index is -0.346. The lowest BCUT2D eigenvalue weighted by atomic mass is 10.1. The summed E-state index contributed by atoms with van der Waals surface area (Å²) in [6.07, 6.45) is 1.73. The van der Waals surface area contributed by atoms with Crippen LogP contribution in [-0.4, -0.2) is 24.3 Å². The van der Waals surface area contributed by atoms with Gasteiger partial charge in [0.2, 0.25) is 11.8 Å². The highest BCUT2D eigenvalue weighted by molar-refractivity contribution is 9.10. The van der Waals surface area contributed by atoms with Crippen molar-refractivity contribution in [3.8, 4) is 0 Å². The highest BCUT2D eigenvalue weighted by Crippen LogP contribution is 2.21. The van der Waals surface area contributed by atoms with Crippen LogP contribution in [0.1, 0.15) is 34.5 Å². The zero-order chi connectivity index (χ0) is 22.5. The molecule has 2 heterocycles. The van der Waals surface area contributed by atoms with Gasteiger partial charge in [-0.05, 0) is 69.9 Å². The van der Waals surface area contributed by atoms with E-state index in [1.807, 2.05) is 24.3 Å². The highest BCUT2D eigenvalue weighted by atomic mass is 79.9. The highest BCUT2D eigenvalue weighted by Gasteiger charge is 2.21. The van der Waals surface area contributed by atoms with Gasteiger partial charge in [0.25, 0.3) is 5.91 Å². The van der Waals surface area contributed by atoms with Crippen molar-refractivity contribution in [3.63, 3.8) is 0 Å². The van der Waals surface area contributed by atoms with Crippen LogP contribution >= 0.6 is 15.9 Å². The van der Waals surface area contributed by atoms with Crippen LogP contribution in [0.4, 0.5) is 11.4 Å². The molecule has 0 spiro atoms. The molecule has 4 rings (SSSR count). The minimum Gasteiger partial charge on any atom is -0.444 e. The summed E-state index contributed by atoms with van der Waals surface area (Å²) in [5, 5.41) is 5.66. The van der Waals surface area contributed by atoms with Gasteiger partial charge in [-0.15, -0.1) is 0 Å². The lowest BCUT2D eigenvalue weighted by Gasteiger charge is -2.16. The Labute approximate surface area is 193 Å². The Hall–Kier alpha value is -3.39. The van der Waals surface area contributed by atoms with E-state index < -0.39 is 0 Å². The third kappa shape index (κ3) is 5.45. The Balaban J connectivity index is 1.25. The summed E-state index contributed by atoms with van der Waals surface area (Å²) >= 11 is 3.17. The lowest BCUT2D eigenvalue weighted by Crippen LogP contribution is -2.25. The number of benzene rings is 2. The van der Waals surface area contributed by atoms with Gasteiger partial charge in [0.05, 0.1) is 6.42 Å². The first-order valence-electron chi connectivity index (χ1n) is 10.3. The van der Waals surface area contributed by atoms with Gasteiger partial charge in [-0.25, -0.2) is 0 Å². The monoisotopic (exact) mass is 495 g/mol. The lowest BCUT2D eigenvalue weighted by molar-refractivity contribution is -0.120. The largest absolute Gasteiger partial charge is 0.444 e. The van der Waals surface area contributed by atoms with E-state index in [-0.39, 0.29) is 29.9 Å². The number of hydrogen-bond acceptors (Lipinski definition) is 4. The van der Waals surface area contributed by atoms with Crippen LogP contribution in [0.2, 0.25) is 0 Å². The van der Waals surface area contributed by atoms with Crippen LogP contribution in [0.5, 0.6) is 0 Å². The average molecular weight is 496 g/mol. The third-order valence-corrected chi connectivity index (χ3v) is 5.61. The Morgan fingerprint density at radius 2 is 1.69 bits per heavy atom. The van der Waals surface area contributed by atoms with Crippen LogP contribution < -0.4 is 15.5 Å². The van der Waals surface area contributed by atoms with Crippen molar-refractivity contribution in [2.45, 2.75) is 25.8 Å². The van der Waals surface area contributed by atoms with Crippen molar-refractivity contribution in [2.24, 2.45) is 0 Å². The molecule has 1 aliphatic heterocycles. The van der Waals surface area contributed by atoms with Crippen LogP contribution in [0.25, 0.3) is 0 Å². The fourth-order valence-corrected chi connectivity index (χ4v) is 3.80. The first kappa shape index (κ1) is 21.8. The summed E-state index contributed by atoms with van der Waals surface area (Å²) in [5.41, 5.74) is 3.32. The van der Waals surface area contributed by atoms with Gasteiger partial charge in [-0.2, -0.15) is 0 Å². The molecular weight excluding hydrogens is 474 g/mol. The van der Waals surface area contributed by atoms with E-state index in [1.54, 1.807) is 41.3 Å². The number of carbonyl (C=O) groups excluding carboxylic acids is 3. The number of amides is 3. The van der Waals surface area contributed by atoms with Crippen molar-refractivity contribution in [1.29, 1.82) is 0 Å². The number of carbonyl (C=O) groups is 3. The third-order valence-electron chi connectivity index (χ3n) is 5.18. The fourth-order valence-electron chi connectivity index (χ4n) is 3.50. The molecule has 1 aliphatic rings. The molecular formula is C24H22BrN3O4. The molecule has 7 nitrogen and oxygen atoms in total. The summed E-state index contributed by atoms with van der Waals surface area (Å²) < 4.78 is 5.72. The molecule has 3 amide bonds. The fraction of sp³-hybridized carbons (Fsp3) is 0.208. The van der Waals surface area contributed by atoms with Gasteiger partial charge in [-0.1, -0.05) is 24.3 Å². The number of nitrogens with one attached hydrogen (secondary N) is 2. The number of halogens is 1. The molecule has 2 N–H and O–H groups in total. The maximum atomic E-state index is 12.3. The molecule has 32 heavy (non-hydrogen) atoms. The van der Waals surface area contributed by atoms with E-state index in [0.717, 1.165) is 29.8 Å². The molecule has 2 aromatic carbocycles. The SMILES string of the molecule is O=C(Cc1ccc(NC(=O)c2ccc(Br)o2)cc1)NCc1ccc(N2CCCC2=O)cc1.